The van der Waals surface area contributed by atoms with Crippen LogP contribution in [0.4, 0.5) is 4.39 Å². The highest BCUT2D eigenvalue weighted by molar-refractivity contribution is 5.91. The van der Waals surface area contributed by atoms with Gasteiger partial charge in [-0.1, -0.05) is 12.1 Å². The minimum absolute atomic E-state index is 0.0546. The summed E-state index contributed by atoms with van der Waals surface area (Å²) in [6.07, 6.45) is 4.04. The molecular weight excluding hydrogens is 319 g/mol. The number of hydrogen-bond donors (Lipinski definition) is 0. The molecule has 0 saturated carbocycles. The van der Waals surface area contributed by atoms with Crippen LogP contribution in [0.25, 0.3) is 0 Å². The van der Waals surface area contributed by atoms with Crippen molar-refractivity contribution in [3.05, 3.63) is 59.8 Å². The molecule has 3 heterocycles. The quantitative estimate of drug-likeness (QED) is 0.855. The lowest BCUT2D eigenvalue weighted by molar-refractivity contribution is 0.0752. The molecule has 2 aliphatic heterocycles. The van der Waals surface area contributed by atoms with Crippen LogP contribution in [0.3, 0.4) is 0 Å². The number of hydrogen-bond acceptors (Lipinski definition) is 3. The number of halogens is 1. The summed E-state index contributed by atoms with van der Waals surface area (Å²) in [5, 5.41) is 0. The highest BCUT2D eigenvalue weighted by Gasteiger charge is 2.38. The number of furan rings is 1. The first-order valence-corrected chi connectivity index (χ1v) is 9.01. The first-order valence-electron chi connectivity index (χ1n) is 9.01. The molecule has 4 nitrogen and oxygen atoms in total. The molecule has 5 heteroatoms. The van der Waals surface area contributed by atoms with E-state index in [1.807, 2.05) is 17.0 Å². The van der Waals surface area contributed by atoms with Gasteiger partial charge in [-0.25, -0.2) is 4.39 Å². The topological polar surface area (TPSA) is 36.7 Å². The molecule has 132 valence electrons. The first kappa shape index (κ1) is 16.3. The summed E-state index contributed by atoms with van der Waals surface area (Å²) in [7, 11) is 0. The number of likely N-dealkylation sites (tertiary alicyclic amines) is 2. The average molecular weight is 342 g/mol. The summed E-state index contributed by atoms with van der Waals surface area (Å²) in [4.78, 5) is 17.1. The van der Waals surface area contributed by atoms with Crippen LogP contribution in [-0.4, -0.2) is 48.4 Å². The number of rotatable bonds is 4. The van der Waals surface area contributed by atoms with Gasteiger partial charge < -0.3 is 14.2 Å². The second-order valence-electron chi connectivity index (χ2n) is 7.11. The average Bonchev–Trinajstić information content (AvgIpc) is 3.37. The van der Waals surface area contributed by atoms with Gasteiger partial charge in [0.2, 0.25) is 0 Å². The molecule has 0 N–H and O–H groups in total. The van der Waals surface area contributed by atoms with E-state index in [1.54, 1.807) is 12.1 Å². The number of nitrogens with zero attached hydrogens (tertiary/aromatic N) is 2. The van der Waals surface area contributed by atoms with E-state index in [-0.39, 0.29) is 17.6 Å². The summed E-state index contributed by atoms with van der Waals surface area (Å²) in [6.45, 7) is 4.64. The van der Waals surface area contributed by atoms with Crippen LogP contribution in [0.5, 0.6) is 0 Å². The van der Waals surface area contributed by atoms with Gasteiger partial charge in [-0.3, -0.25) is 4.79 Å². The van der Waals surface area contributed by atoms with Crippen LogP contribution in [0.15, 0.2) is 47.1 Å². The lowest BCUT2D eigenvalue weighted by Crippen LogP contribution is -2.32. The summed E-state index contributed by atoms with van der Waals surface area (Å²) in [5.74, 6) is 0.713. The summed E-state index contributed by atoms with van der Waals surface area (Å²) in [6, 6.07) is 10.2. The Morgan fingerprint density at radius 2 is 1.88 bits per heavy atom. The number of benzene rings is 1. The molecule has 25 heavy (non-hydrogen) atoms. The third-order valence-corrected chi connectivity index (χ3v) is 5.45. The Morgan fingerprint density at radius 3 is 2.56 bits per heavy atom. The number of amides is 1. The van der Waals surface area contributed by atoms with Crippen molar-refractivity contribution in [1.82, 2.24) is 9.80 Å². The SMILES string of the molecule is O=C(c1ccco1)N1CC(CN2CCCC2)C(c2ccc(F)cc2)C1. The molecule has 2 aliphatic rings. The largest absolute Gasteiger partial charge is 0.459 e. The van der Waals surface area contributed by atoms with E-state index < -0.39 is 0 Å². The monoisotopic (exact) mass is 342 g/mol. The van der Waals surface area contributed by atoms with E-state index in [9.17, 15) is 9.18 Å². The summed E-state index contributed by atoms with van der Waals surface area (Å²) >= 11 is 0. The molecule has 2 unspecified atom stereocenters. The smallest absolute Gasteiger partial charge is 0.289 e. The number of carbonyl (C=O) groups is 1. The molecular formula is C20H23FN2O2. The van der Waals surface area contributed by atoms with Crippen LogP contribution in [0, 0.1) is 11.7 Å². The molecule has 2 fully saturated rings. The highest BCUT2D eigenvalue weighted by Crippen LogP contribution is 2.34. The molecule has 0 spiro atoms. The van der Waals surface area contributed by atoms with Gasteiger partial charge >= 0.3 is 0 Å². The Labute approximate surface area is 147 Å². The fourth-order valence-corrected chi connectivity index (χ4v) is 4.16. The van der Waals surface area contributed by atoms with Crippen molar-refractivity contribution in [2.75, 3.05) is 32.7 Å². The predicted octanol–water partition coefficient (Wildman–Crippen LogP) is 3.37. The van der Waals surface area contributed by atoms with Gasteiger partial charge in [0, 0.05) is 25.6 Å². The molecule has 0 radical (unpaired) electrons. The second-order valence-corrected chi connectivity index (χ2v) is 7.11. The van der Waals surface area contributed by atoms with Crippen molar-refractivity contribution in [1.29, 1.82) is 0 Å². The predicted molar refractivity (Wildman–Crippen MR) is 92.9 cm³/mol. The first-order chi connectivity index (χ1) is 12.2. The van der Waals surface area contributed by atoms with Crippen molar-refractivity contribution >= 4 is 5.91 Å². The van der Waals surface area contributed by atoms with E-state index in [4.69, 9.17) is 4.42 Å². The van der Waals surface area contributed by atoms with Crippen LogP contribution in [-0.2, 0) is 0 Å². The maximum Gasteiger partial charge on any atom is 0.289 e. The fourth-order valence-electron chi connectivity index (χ4n) is 4.16. The third kappa shape index (κ3) is 3.47. The van der Waals surface area contributed by atoms with Gasteiger partial charge in [0.25, 0.3) is 5.91 Å². The zero-order valence-electron chi connectivity index (χ0n) is 14.2. The Bertz CT molecular complexity index is 708. The summed E-state index contributed by atoms with van der Waals surface area (Å²) < 4.78 is 18.6. The Kier molecular flexibility index (Phi) is 4.57. The zero-order valence-corrected chi connectivity index (χ0v) is 14.2. The van der Waals surface area contributed by atoms with Gasteiger partial charge in [0.15, 0.2) is 5.76 Å². The molecule has 1 aromatic heterocycles. The van der Waals surface area contributed by atoms with Gasteiger partial charge in [0.05, 0.1) is 6.26 Å². The zero-order chi connectivity index (χ0) is 17.2. The molecule has 0 bridgehead atoms. The van der Waals surface area contributed by atoms with Crippen molar-refractivity contribution in [3.8, 4) is 0 Å². The van der Waals surface area contributed by atoms with Gasteiger partial charge in [0.1, 0.15) is 5.82 Å². The maximum atomic E-state index is 13.3. The summed E-state index contributed by atoms with van der Waals surface area (Å²) in [5.41, 5.74) is 1.11. The van der Waals surface area contributed by atoms with Crippen molar-refractivity contribution in [3.63, 3.8) is 0 Å². The lowest BCUT2D eigenvalue weighted by Gasteiger charge is -2.24. The van der Waals surface area contributed by atoms with Crippen molar-refractivity contribution in [2.24, 2.45) is 5.92 Å². The fraction of sp³-hybridized carbons (Fsp3) is 0.450. The van der Waals surface area contributed by atoms with E-state index in [0.29, 0.717) is 18.2 Å². The van der Waals surface area contributed by atoms with E-state index in [0.717, 1.165) is 31.7 Å². The van der Waals surface area contributed by atoms with Gasteiger partial charge in [-0.15, -0.1) is 0 Å². The van der Waals surface area contributed by atoms with E-state index in [1.165, 1.54) is 31.2 Å². The Morgan fingerprint density at radius 1 is 1.12 bits per heavy atom. The van der Waals surface area contributed by atoms with Crippen molar-refractivity contribution < 1.29 is 13.6 Å². The van der Waals surface area contributed by atoms with Crippen molar-refractivity contribution in [2.45, 2.75) is 18.8 Å². The second kappa shape index (κ2) is 7.00. The molecule has 2 aromatic rings. The van der Waals surface area contributed by atoms with Gasteiger partial charge in [-0.2, -0.15) is 0 Å². The molecule has 1 amide bonds. The lowest BCUT2D eigenvalue weighted by atomic mass is 9.88. The van der Waals surface area contributed by atoms with E-state index in [2.05, 4.69) is 4.90 Å². The standard InChI is InChI=1S/C20H23FN2O2/c21-17-7-5-15(6-8-17)18-14-23(20(24)19-4-3-11-25-19)13-16(18)12-22-9-1-2-10-22/h3-8,11,16,18H,1-2,9-10,12-14H2. The minimum Gasteiger partial charge on any atom is -0.459 e. The maximum absolute atomic E-state index is 13.3. The normalized spacial score (nSPS) is 24.1. The van der Waals surface area contributed by atoms with Gasteiger partial charge in [-0.05, 0) is 61.7 Å². The van der Waals surface area contributed by atoms with Crippen LogP contribution in [0.2, 0.25) is 0 Å². The molecule has 2 atom stereocenters. The highest BCUT2D eigenvalue weighted by atomic mass is 19.1. The molecule has 2 saturated heterocycles. The molecule has 0 aliphatic carbocycles. The van der Waals surface area contributed by atoms with Crippen LogP contribution in [0.1, 0.15) is 34.9 Å². The minimum atomic E-state index is -0.221. The van der Waals surface area contributed by atoms with Crippen LogP contribution < -0.4 is 0 Å². The molecule has 1 aromatic carbocycles. The molecule has 4 rings (SSSR count). The van der Waals surface area contributed by atoms with Crippen LogP contribution >= 0.6 is 0 Å². The van der Waals surface area contributed by atoms with E-state index >= 15 is 0 Å². The Hall–Kier alpha value is -2.14. The number of carbonyl (C=O) groups excluding carboxylic acids is 1. The third-order valence-electron chi connectivity index (χ3n) is 5.45. The Balaban J connectivity index is 1.54.